The zero-order valence-corrected chi connectivity index (χ0v) is 21.7. The summed E-state index contributed by atoms with van der Waals surface area (Å²) in [6, 6.07) is 19.3. The largest absolute Gasteiger partial charge is 0.493 e. The van der Waals surface area contributed by atoms with Crippen molar-refractivity contribution in [3.05, 3.63) is 81.8 Å². The minimum Gasteiger partial charge on any atom is -0.493 e. The van der Waals surface area contributed by atoms with Crippen LogP contribution in [0.2, 0.25) is 0 Å². The summed E-state index contributed by atoms with van der Waals surface area (Å²) in [4.78, 5) is 21.4. The van der Waals surface area contributed by atoms with Crippen molar-refractivity contribution in [2.24, 2.45) is 5.92 Å². The Kier molecular flexibility index (Phi) is 7.87. The van der Waals surface area contributed by atoms with E-state index in [9.17, 15) is 9.18 Å². The van der Waals surface area contributed by atoms with Crippen molar-refractivity contribution in [2.75, 3.05) is 50.8 Å². The minimum absolute atomic E-state index is 0.148. The van der Waals surface area contributed by atoms with Crippen LogP contribution in [-0.4, -0.2) is 61.6 Å². The average Bonchev–Trinajstić information content (AvgIpc) is 3.34. The molecule has 3 heterocycles. The molecule has 1 amide bonds. The van der Waals surface area contributed by atoms with Gasteiger partial charge >= 0.3 is 0 Å². The highest BCUT2D eigenvalue weighted by molar-refractivity contribution is 7.13. The minimum atomic E-state index is -0.150. The molecule has 0 spiro atoms. The van der Waals surface area contributed by atoms with Gasteiger partial charge in [-0.2, -0.15) is 0 Å². The summed E-state index contributed by atoms with van der Waals surface area (Å²) in [5.41, 5.74) is 1.92. The number of thiophene rings is 1. The lowest BCUT2D eigenvalue weighted by molar-refractivity contribution is 0.0638. The molecular weight excluding hydrogens is 473 g/mol. The van der Waals surface area contributed by atoms with Gasteiger partial charge in [0.15, 0.2) is 0 Å². The van der Waals surface area contributed by atoms with Gasteiger partial charge in [-0.3, -0.25) is 9.69 Å². The maximum atomic E-state index is 14.1. The van der Waals surface area contributed by atoms with Gasteiger partial charge < -0.3 is 14.5 Å². The first-order valence-electron chi connectivity index (χ1n) is 12.8. The molecule has 1 aromatic heterocycles. The summed E-state index contributed by atoms with van der Waals surface area (Å²) in [5.74, 6) is 1.23. The van der Waals surface area contributed by atoms with Crippen LogP contribution < -0.4 is 9.64 Å². The summed E-state index contributed by atoms with van der Waals surface area (Å²) in [6.07, 6.45) is 2.10. The van der Waals surface area contributed by atoms with E-state index in [-0.39, 0.29) is 11.7 Å². The van der Waals surface area contributed by atoms with Gasteiger partial charge in [0.2, 0.25) is 0 Å². The zero-order valence-electron chi connectivity index (χ0n) is 20.9. The normalized spacial score (nSPS) is 18.9. The molecule has 2 aliphatic rings. The standard InChI is InChI=1S/C29H34FN3O2S/c1-22-11-12-28(36-22)29(34)33-13-5-7-24(20-33)21-35-25-8-4-6-23(18-25)19-31-14-16-32(17-15-31)27-10-3-2-9-26(27)30/h2-4,6,8-12,18,24H,5,7,13-17,19-21H2,1H3. The summed E-state index contributed by atoms with van der Waals surface area (Å²) >= 11 is 1.57. The second-order valence-electron chi connectivity index (χ2n) is 9.84. The Morgan fingerprint density at radius 1 is 1.03 bits per heavy atom. The highest BCUT2D eigenvalue weighted by Gasteiger charge is 2.26. The van der Waals surface area contributed by atoms with Crippen LogP contribution in [0.15, 0.2) is 60.7 Å². The van der Waals surface area contributed by atoms with E-state index in [4.69, 9.17) is 4.74 Å². The molecule has 5 rings (SSSR count). The monoisotopic (exact) mass is 507 g/mol. The van der Waals surface area contributed by atoms with E-state index in [0.717, 1.165) is 69.3 Å². The van der Waals surface area contributed by atoms with Gasteiger partial charge in [0.25, 0.3) is 5.91 Å². The van der Waals surface area contributed by atoms with Gasteiger partial charge in [-0.1, -0.05) is 24.3 Å². The number of ether oxygens (including phenoxy) is 1. The summed E-state index contributed by atoms with van der Waals surface area (Å²) in [6.45, 7) is 8.52. The molecular formula is C29H34FN3O2S. The number of hydrogen-bond acceptors (Lipinski definition) is 5. The SMILES string of the molecule is Cc1ccc(C(=O)N2CCCC(COc3cccc(CN4CCN(c5ccccc5F)CC4)c3)C2)s1. The fourth-order valence-electron chi connectivity index (χ4n) is 5.15. The summed E-state index contributed by atoms with van der Waals surface area (Å²) < 4.78 is 20.3. The number of nitrogens with zero attached hydrogens (tertiary/aromatic N) is 3. The third-order valence-electron chi connectivity index (χ3n) is 7.11. The molecule has 2 aromatic carbocycles. The van der Waals surface area contributed by atoms with Crippen LogP contribution >= 0.6 is 11.3 Å². The molecule has 36 heavy (non-hydrogen) atoms. The van der Waals surface area contributed by atoms with Crippen LogP contribution in [0.25, 0.3) is 0 Å². The van der Waals surface area contributed by atoms with Crippen molar-refractivity contribution in [2.45, 2.75) is 26.3 Å². The Morgan fingerprint density at radius 3 is 2.64 bits per heavy atom. The Balaban J connectivity index is 1.10. The molecule has 1 unspecified atom stereocenters. The molecule has 2 saturated heterocycles. The number of piperidine rings is 1. The van der Waals surface area contributed by atoms with E-state index in [0.29, 0.717) is 18.2 Å². The van der Waals surface area contributed by atoms with Gasteiger partial charge in [0, 0.05) is 56.6 Å². The third-order valence-corrected chi connectivity index (χ3v) is 8.10. The molecule has 2 fully saturated rings. The number of likely N-dealkylation sites (tertiary alicyclic amines) is 1. The van der Waals surface area contributed by atoms with Gasteiger partial charge in [0.1, 0.15) is 11.6 Å². The van der Waals surface area contributed by atoms with E-state index in [2.05, 4.69) is 28.0 Å². The number of piperazine rings is 1. The van der Waals surface area contributed by atoms with Gasteiger partial charge in [0.05, 0.1) is 17.2 Å². The van der Waals surface area contributed by atoms with E-state index in [1.54, 1.807) is 17.4 Å². The Bertz CT molecular complexity index is 1170. The van der Waals surface area contributed by atoms with Crippen molar-refractivity contribution in [3.63, 3.8) is 0 Å². The first-order chi connectivity index (χ1) is 17.5. The molecule has 2 aliphatic heterocycles. The second kappa shape index (κ2) is 11.4. The fourth-order valence-corrected chi connectivity index (χ4v) is 5.99. The van der Waals surface area contributed by atoms with Crippen LogP contribution in [0.4, 0.5) is 10.1 Å². The number of rotatable bonds is 7. The number of para-hydroxylation sites is 1. The number of carbonyl (C=O) groups excluding carboxylic acids is 1. The molecule has 0 aliphatic carbocycles. The number of benzene rings is 2. The molecule has 0 bridgehead atoms. The van der Waals surface area contributed by atoms with Gasteiger partial charge in [-0.15, -0.1) is 11.3 Å². The van der Waals surface area contributed by atoms with Crippen LogP contribution in [0.5, 0.6) is 5.75 Å². The number of aryl methyl sites for hydroxylation is 1. The highest BCUT2D eigenvalue weighted by Crippen LogP contribution is 2.25. The number of carbonyl (C=O) groups is 1. The lowest BCUT2D eigenvalue weighted by Gasteiger charge is -2.36. The summed E-state index contributed by atoms with van der Waals surface area (Å²) in [5, 5.41) is 0. The van der Waals surface area contributed by atoms with Crippen molar-refractivity contribution >= 4 is 22.9 Å². The Morgan fingerprint density at radius 2 is 1.86 bits per heavy atom. The third kappa shape index (κ3) is 6.08. The van der Waals surface area contributed by atoms with Gasteiger partial charge in [-0.05, 0) is 61.7 Å². The Labute approximate surface area is 217 Å². The van der Waals surface area contributed by atoms with Gasteiger partial charge in [-0.25, -0.2) is 4.39 Å². The highest BCUT2D eigenvalue weighted by atomic mass is 32.1. The number of hydrogen-bond donors (Lipinski definition) is 0. The van der Waals surface area contributed by atoms with Crippen LogP contribution in [0, 0.1) is 18.7 Å². The second-order valence-corrected chi connectivity index (χ2v) is 11.1. The molecule has 5 nitrogen and oxygen atoms in total. The topological polar surface area (TPSA) is 36.0 Å². The van der Waals surface area contributed by atoms with Crippen molar-refractivity contribution < 1.29 is 13.9 Å². The number of anilines is 1. The predicted octanol–water partition coefficient (Wildman–Crippen LogP) is 5.45. The lowest BCUT2D eigenvalue weighted by Crippen LogP contribution is -2.46. The van der Waals surface area contributed by atoms with Crippen LogP contribution in [0.1, 0.15) is 33.0 Å². The number of amides is 1. The predicted molar refractivity (Wildman–Crippen MR) is 144 cm³/mol. The van der Waals surface area contributed by atoms with Crippen molar-refractivity contribution in [3.8, 4) is 5.75 Å². The van der Waals surface area contributed by atoms with Crippen LogP contribution in [0.3, 0.4) is 0 Å². The van der Waals surface area contributed by atoms with Crippen molar-refractivity contribution in [1.82, 2.24) is 9.80 Å². The van der Waals surface area contributed by atoms with Crippen molar-refractivity contribution in [1.29, 1.82) is 0 Å². The fraction of sp³-hybridized carbons (Fsp3) is 0.414. The van der Waals surface area contributed by atoms with E-state index >= 15 is 0 Å². The van der Waals surface area contributed by atoms with E-state index in [1.807, 2.05) is 42.2 Å². The quantitative estimate of drug-likeness (QED) is 0.426. The molecule has 190 valence electrons. The van der Waals surface area contributed by atoms with E-state index in [1.165, 1.54) is 16.5 Å². The summed E-state index contributed by atoms with van der Waals surface area (Å²) in [7, 11) is 0. The molecule has 3 aromatic rings. The smallest absolute Gasteiger partial charge is 0.263 e. The zero-order chi connectivity index (χ0) is 24.9. The molecule has 7 heteroatoms. The van der Waals surface area contributed by atoms with E-state index < -0.39 is 0 Å². The maximum Gasteiger partial charge on any atom is 0.263 e. The molecule has 0 saturated carbocycles. The Hall–Kier alpha value is -2.90. The maximum absolute atomic E-state index is 14.1. The average molecular weight is 508 g/mol. The number of halogens is 1. The van der Waals surface area contributed by atoms with Crippen LogP contribution in [-0.2, 0) is 6.54 Å². The molecule has 0 radical (unpaired) electrons. The lowest BCUT2D eigenvalue weighted by atomic mass is 9.99. The first kappa shape index (κ1) is 24.8. The molecule has 1 atom stereocenters. The first-order valence-corrected chi connectivity index (χ1v) is 13.7. The molecule has 0 N–H and O–H groups in total.